The van der Waals surface area contributed by atoms with Gasteiger partial charge in [-0.3, -0.25) is 24.2 Å². The van der Waals surface area contributed by atoms with E-state index in [0.29, 0.717) is 44.0 Å². The fraction of sp³-hybridized carbons (Fsp3) is 0.500. The number of aromatic amines is 1. The van der Waals surface area contributed by atoms with E-state index in [9.17, 15) is 19.5 Å². The molecular weight excluding hydrogens is 398 g/mol. The average Bonchev–Trinajstić information content (AvgIpc) is 3.11. The summed E-state index contributed by atoms with van der Waals surface area (Å²) >= 11 is 0. The monoisotopic (exact) mass is 429 g/mol. The van der Waals surface area contributed by atoms with Gasteiger partial charge in [0.05, 0.1) is 6.54 Å². The van der Waals surface area contributed by atoms with Gasteiger partial charge in [-0.15, -0.1) is 0 Å². The first-order valence-corrected chi connectivity index (χ1v) is 10.5. The minimum atomic E-state index is -0.907. The molecular formula is C22H31N5O4. The minimum absolute atomic E-state index is 0.0419. The van der Waals surface area contributed by atoms with Crippen LogP contribution < -0.4 is 5.32 Å². The molecule has 1 saturated heterocycles. The van der Waals surface area contributed by atoms with Crippen LogP contribution in [-0.4, -0.2) is 89.4 Å². The molecule has 31 heavy (non-hydrogen) atoms. The Morgan fingerprint density at radius 2 is 1.84 bits per heavy atom. The topological polar surface area (TPSA) is 109 Å². The highest BCUT2D eigenvalue weighted by atomic mass is 16.4. The molecule has 1 aromatic carbocycles. The molecule has 3 rings (SSSR count). The van der Waals surface area contributed by atoms with Crippen LogP contribution in [0.4, 0.5) is 5.69 Å². The third kappa shape index (κ3) is 5.23. The van der Waals surface area contributed by atoms with Gasteiger partial charge in [-0.1, -0.05) is 19.9 Å². The summed E-state index contributed by atoms with van der Waals surface area (Å²) in [6.07, 6.45) is 1.74. The zero-order valence-electron chi connectivity index (χ0n) is 18.5. The first-order chi connectivity index (χ1) is 14.7. The number of carboxylic acids is 1. The second-order valence-corrected chi connectivity index (χ2v) is 8.49. The number of aromatic nitrogens is 1. The van der Waals surface area contributed by atoms with E-state index in [0.717, 1.165) is 10.9 Å². The Kier molecular flexibility index (Phi) is 6.97. The molecule has 168 valence electrons. The number of nitrogens with one attached hydrogen (secondary N) is 2. The lowest BCUT2D eigenvalue weighted by Crippen LogP contribution is -2.51. The van der Waals surface area contributed by atoms with Crippen LogP contribution in [0.3, 0.4) is 0 Å². The fourth-order valence-corrected chi connectivity index (χ4v) is 3.74. The van der Waals surface area contributed by atoms with Crippen LogP contribution in [0, 0.1) is 5.92 Å². The summed E-state index contributed by atoms with van der Waals surface area (Å²) in [5, 5.41) is 13.7. The van der Waals surface area contributed by atoms with Crippen molar-refractivity contribution >= 4 is 34.4 Å². The minimum Gasteiger partial charge on any atom is -0.480 e. The molecule has 2 amide bonds. The second kappa shape index (κ2) is 9.49. The molecule has 0 bridgehead atoms. The van der Waals surface area contributed by atoms with Crippen molar-refractivity contribution in [2.24, 2.45) is 5.92 Å². The number of benzene rings is 1. The van der Waals surface area contributed by atoms with Crippen molar-refractivity contribution in [1.82, 2.24) is 19.7 Å². The maximum Gasteiger partial charge on any atom is 0.325 e. The number of fused-ring (bicyclic) bond motifs is 1. The number of carboxylic acid groups (broad SMARTS) is 1. The van der Waals surface area contributed by atoms with Gasteiger partial charge < -0.3 is 20.3 Å². The number of nitrogens with zero attached hydrogens (tertiary/aromatic N) is 3. The molecule has 0 radical (unpaired) electrons. The first-order valence-electron chi connectivity index (χ1n) is 10.5. The van der Waals surface area contributed by atoms with Gasteiger partial charge in [-0.25, -0.2) is 0 Å². The third-order valence-electron chi connectivity index (χ3n) is 5.66. The summed E-state index contributed by atoms with van der Waals surface area (Å²) in [6, 6.07) is 4.68. The van der Waals surface area contributed by atoms with Gasteiger partial charge in [0.25, 0.3) is 0 Å². The number of aliphatic carboxylic acids is 1. The van der Waals surface area contributed by atoms with Crippen LogP contribution in [0.2, 0.25) is 0 Å². The summed E-state index contributed by atoms with van der Waals surface area (Å²) in [5.41, 5.74) is 2.14. The largest absolute Gasteiger partial charge is 0.480 e. The Morgan fingerprint density at radius 3 is 2.42 bits per heavy atom. The van der Waals surface area contributed by atoms with E-state index >= 15 is 0 Å². The van der Waals surface area contributed by atoms with Crippen LogP contribution in [0.1, 0.15) is 25.5 Å². The molecule has 3 N–H and O–H groups in total. The fourth-order valence-electron chi connectivity index (χ4n) is 3.74. The van der Waals surface area contributed by atoms with Crippen molar-refractivity contribution in [2.75, 3.05) is 52.1 Å². The molecule has 0 spiro atoms. The van der Waals surface area contributed by atoms with E-state index in [2.05, 4.69) is 15.2 Å². The van der Waals surface area contributed by atoms with Crippen molar-refractivity contribution in [3.05, 3.63) is 30.0 Å². The number of hydrogen-bond donors (Lipinski definition) is 3. The summed E-state index contributed by atoms with van der Waals surface area (Å²) < 4.78 is 0. The molecule has 0 saturated carbocycles. The number of likely N-dealkylation sites (N-methyl/N-ethyl adjacent to an activating group) is 1. The highest BCUT2D eigenvalue weighted by Crippen LogP contribution is 2.31. The average molecular weight is 430 g/mol. The normalized spacial score (nSPS) is 16.4. The van der Waals surface area contributed by atoms with Gasteiger partial charge >= 0.3 is 5.97 Å². The standard InChI is InChI=1S/C22H31N5O4/c1-14(2)21(29)24-15-5-6-16-17(12-23-18(16)11-15)20(22(30)31)27-9-7-26(8-10-27)13-19(28)25(3)4/h5-6,11-12,14,20,23H,7-10,13H2,1-4H3,(H,24,29)(H,30,31). The van der Waals surface area contributed by atoms with E-state index < -0.39 is 12.0 Å². The molecule has 1 atom stereocenters. The van der Waals surface area contributed by atoms with E-state index in [1.54, 1.807) is 31.3 Å². The van der Waals surface area contributed by atoms with Gasteiger partial charge in [-0.05, 0) is 12.1 Å². The molecule has 2 heterocycles. The lowest BCUT2D eigenvalue weighted by molar-refractivity contribution is -0.145. The molecule has 1 aromatic heterocycles. The maximum absolute atomic E-state index is 12.2. The number of amides is 2. The summed E-state index contributed by atoms with van der Waals surface area (Å²) in [6.45, 7) is 6.40. The Labute approximate surface area is 182 Å². The molecule has 1 fully saturated rings. The van der Waals surface area contributed by atoms with E-state index in [-0.39, 0.29) is 17.7 Å². The van der Waals surface area contributed by atoms with Crippen LogP contribution >= 0.6 is 0 Å². The highest BCUT2D eigenvalue weighted by molar-refractivity contribution is 5.96. The van der Waals surface area contributed by atoms with Gasteiger partial charge in [0.1, 0.15) is 6.04 Å². The van der Waals surface area contributed by atoms with Crippen LogP contribution in [-0.2, 0) is 14.4 Å². The van der Waals surface area contributed by atoms with Crippen molar-refractivity contribution in [3.8, 4) is 0 Å². The van der Waals surface area contributed by atoms with Crippen LogP contribution in [0.15, 0.2) is 24.4 Å². The van der Waals surface area contributed by atoms with Crippen molar-refractivity contribution in [1.29, 1.82) is 0 Å². The van der Waals surface area contributed by atoms with Gasteiger partial charge in [0, 0.05) is 74.5 Å². The first kappa shape index (κ1) is 22.8. The molecule has 9 heteroatoms. The smallest absolute Gasteiger partial charge is 0.325 e. The molecule has 0 aliphatic carbocycles. The lowest BCUT2D eigenvalue weighted by atomic mass is 10.0. The summed E-state index contributed by atoms with van der Waals surface area (Å²) in [5.74, 6) is -1.06. The molecule has 1 aliphatic heterocycles. The second-order valence-electron chi connectivity index (χ2n) is 8.49. The van der Waals surface area contributed by atoms with Crippen LogP contribution in [0.25, 0.3) is 10.9 Å². The Bertz CT molecular complexity index is 960. The third-order valence-corrected chi connectivity index (χ3v) is 5.66. The Balaban J connectivity index is 1.75. The number of rotatable bonds is 7. The van der Waals surface area contributed by atoms with E-state index in [4.69, 9.17) is 0 Å². The Morgan fingerprint density at radius 1 is 1.16 bits per heavy atom. The van der Waals surface area contributed by atoms with E-state index in [1.165, 1.54) is 0 Å². The van der Waals surface area contributed by atoms with Crippen molar-refractivity contribution in [2.45, 2.75) is 19.9 Å². The molecule has 2 aromatic rings. The van der Waals surface area contributed by atoms with Crippen LogP contribution in [0.5, 0.6) is 0 Å². The zero-order chi connectivity index (χ0) is 22.7. The summed E-state index contributed by atoms with van der Waals surface area (Å²) in [4.78, 5) is 44.8. The number of carbonyl (C=O) groups excluding carboxylic acids is 2. The van der Waals surface area contributed by atoms with Gasteiger partial charge in [0.15, 0.2) is 0 Å². The SMILES string of the molecule is CC(C)C(=O)Nc1ccc2c(C(C(=O)O)N3CCN(CC(=O)N(C)C)CC3)c[nH]c2c1. The number of H-pyrrole nitrogens is 1. The highest BCUT2D eigenvalue weighted by Gasteiger charge is 2.32. The van der Waals surface area contributed by atoms with E-state index in [1.807, 2.05) is 30.9 Å². The number of anilines is 1. The number of carbonyl (C=O) groups is 3. The predicted molar refractivity (Wildman–Crippen MR) is 119 cm³/mol. The quantitative estimate of drug-likeness (QED) is 0.617. The lowest BCUT2D eigenvalue weighted by Gasteiger charge is -2.37. The van der Waals surface area contributed by atoms with Crippen molar-refractivity contribution in [3.63, 3.8) is 0 Å². The summed E-state index contributed by atoms with van der Waals surface area (Å²) in [7, 11) is 3.46. The molecule has 9 nitrogen and oxygen atoms in total. The number of piperazine rings is 1. The number of hydrogen-bond acceptors (Lipinski definition) is 5. The Hall–Kier alpha value is -2.91. The molecule has 1 aliphatic rings. The predicted octanol–water partition coefficient (Wildman–Crippen LogP) is 1.59. The van der Waals surface area contributed by atoms with Crippen molar-refractivity contribution < 1.29 is 19.5 Å². The molecule has 1 unspecified atom stereocenters. The van der Waals surface area contributed by atoms with Gasteiger partial charge in [-0.2, -0.15) is 0 Å². The maximum atomic E-state index is 12.2. The zero-order valence-corrected chi connectivity index (χ0v) is 18.5. The van der Waals surface area contributed by atoms with Gasteiger partial charge in [0.2, 0.25) is 11.8 Å².